The van der Waals surface area contributed by atoms with Gasteiger partial charge in [-0.1, -0.05) is 69.6 Å². The Hall–Kier alpha value is -0.916. The van der Waals surface area contributed by atoms with Gasteiger partial charge in [-0.3, -0.25) is 4.79 Å². The topological polar surface area (TPSA) is 29.5 Å². The predicted molar refractivity (Wildman–Crippen MR) is 97.2 cm³/mol. The Kier molecular flexibility index (Phi) is 4.99. The molecule has 0 bridgehead atoms. The summed E-state index contributed by atoms with van der Waals surface area (Å²) in [5.41, 5.74) is 1.13. The van der Waals surface area contributed by atoms with Gasteiger partial charge in [-0.15, -0.1) is 0 Å². The van der Waals surface area contributed by atoms with Gasteiger partial charge in [-0.25, -0.2) is 0 Å². The lowest BCUT2D eigenvalue weighted by molar-refractivity contribution is -0.163. The Morgan fingerprint density at radius 2 is 1.64 bits per heavy atom. The summed E-state index contributed by atoms with van der Waals surface area (Å²) in [6.45, 7) is 15.6. The summed E-state index contributed by atoms with van der Waals surface area (Å²) in [6, 6.07) is 10.1. The molecule has 1 aliphatic heterocycles. The minimum Gasteiger partial charge on any atom is -0.362 e. The second-order valence-corrected chi connectivity index (χ2v) is 19.5. The van der Waals surface area contributed by atoms with Crippen LogP contribution in [0.4, 0.5) is 0 Å². The molecule has 0 N–H and O–H groups in total. The molecule has 22 heavy (non-hydrogen) atoms. The molecule has 2 rings (SSSR count). The SMILES string of the molecule is C[Si](C)(C)C(N1C[C@H](OCc2ccccc2)C1=O)[Si](C)(C)C. The molecule has 0 unspecified atom stereocenters. The molecule has 0 saturated carbocycles. The number of rotatable bonds is 6. The lowest BCUT2D eigenvalue weighted by Crippen LogP contribution is -2.72. The Labute approximate surface area is 136 Å². The number of nitrogens with zero attached hydrogens (tertiary/aromatic N) is 1. The van der Waals surface area contributed by atoms with Crippen LogP contribution in [0.1, 0.15) is 5.56 Å². The van der Waals surface area contributed by atoms with Crippen molar-refractivity contribution in [3.05, 3.63) is 35.9 Å². The van der Waals surface area contributed by atoms with E-state index in [1.165, 1.54) is 0 Å². The maximum absolute atomic E-state index is 12.6. The van der Waals surface area contributed by atoms with Crippen molar-refractivity contribution in [1.82, 2.24) is 4.90 Å². The molecule has 0 spiro atoms. The standard InChI is InChI=1S/C17H29NO2Si2/c1-21(2,3)17(22(4,5)6)18-12-15(16(18)19)20-13-14-10-8-7-9-11-14/h7-11,15,17H,12-13H2,1-6H3/t15-/m0/s1. The molecular formula is C17H29NO2Si2. The normalized spacial score (nSPS) is 19.5. The van der Waals surface area contributed by atoms with Gasteiger partial charge in [0.05, 0.1) is 29.3 Å². The highest BCUT2D eigenvalue weighted by Gasteiger charge is 2.50. The summed E-state index contributed by atoms with van der Waals surface area (Å²) in [4.78, 5) is 14.7. The summed E-state index contributed by atoms with van der Waals surface area (Å²) in [5, 5.41) is 0.490. The minimum absolute atomic E-state index is 0.200. The van der Waals surface area contributed by atoms with E-state index in [4.69, 9.17) is 4.74 Å². The van der Waals surface area contributed by atoms with Crippen molar-refractivity contribution >= 4 is 22.1 Å². The first-order valence-corrected chi connectivity index (χ1v) is 15.2. The van der Waals surface area contributed by atoms with Gasteiger partial charge in [0.25, 0.3) is 5.91 Å². The summed E-state index contributed by atoms with van der Waals surface area (Å²) in [6.07, 6.45) is -0.240. The van der Waals surface area contributed by atoms with Gasteiger partial charge < -0.3 is 9.64 Å². The van der Waals surface area contributed by atoms with Crippen molar-refractivity contribution in [2.75, 3.05) is 6.54 Å². The quantitative estimate of drug-likeness (QED) is 0.588. The number of hydrogen-bond acceptors (Lipinski definition) is 2. The van der Waals surface area contributed by atoms with Gasteiger partial charge in [0, 0.05) is 5.29 Å². The Morgan fingerprint density at radius 3 is 2.09 bits per heavy atom. The van der Waals surface area contributed by atoms with E-state index < -0.39 is 16.1 Å². The van der Waals surface area contributed by atoms with Gasteiger partial charge in [0.1, 0.15) is 0 Å². The highest BCUT2D eigenvalue weighted by atomic mass is 28.4. The highest BCUT2D eigenvalue weighted by Crippen LogP contribution is 2.30. The monoisotopic (exact) mass is 335 g/mol. The molecule has 1 aromatic rings. The molecule has 1 saturated heterocycles. The first-order chi connectivity index (χ1) is 10.1. The van der Waals surface area contributed by atoms with Crippen LogP contribution >= 0.6 is 0 Å². The Balaban J connectivity index is 1.96. The molecule has 3 nitrogen and oxygen atoms in total. The van der Waals surface area contributed by atoms with Crippen LogP contribution in [0.3, 0.4) is 0 Å². The summed E-state index contributed by atoms with van der Waals surface area (Å²) in [7, 11) is -2.80. The number of likely N-dealkylation sites (tertiary alicyclic amines) is 1. The maximum atomic E-state index is 12.6. The smallest absolute Gasteiger partial charge is 0.253 e. The summed E-state index contributed by atoms with van der Waals surface area (Å²) in [5.74, 6) is 0.200. The fourth-order valence-corrected chi connectivity index (χ4v) is 16.5. The zero-order valence-electron chi connectivity index (χ0n) is 14.7. The second kappa shape index (κ2) is 6.30. The molecule has 5 heteroatoms. The van der Waals surface area contributed by atoms with Gasteiger partial charge in [0.15, 0.2) is 6.10 Å². The first-order valence-electron chi connectivity index (χ1n) is 8.07. The molecule has 1 aliphatic rings. The minimum atomic E-state index is -1.40. The molecular weight excluding hydrogens is 306 g/mol. The number of hydrogen-bond donors (Lipinski definition) is 0. The molecule has 1 aromatic carbocycles. The van der Waals surface area contributed by atoms with Crippen LogP contribution in [0.2, 0.25) is 39.3 Å². The van der Waals surface area contributed by atoms with E-state index in [1.54, 1.807) is 0 Å². The van der Waals surface area contributed by atoms with Gasteiger partial charge >= 0.3 is 0 Å². The third-order valence-electron chi connectivity index (χ3n) is 4.17. The molecule has 1 amide bonds. The van der Waals surface area contributed by atoms with E-state index >= 15 is 0 Å². The average Bonchev–Trinajstić information content (AvgIpc) is 2.39. The average molecular weight is 336 g/mol. The van der Waals surface area contributed by atoms with E-state index in [2.05, 4.69) is 44.2 Å². The second-order valence-electron chi connectivity index (χ2n) is 8.41. The van der Waals surface area contributed by atoms with Crippen LogP contribution < -0.4 is 0 Å². The van der Waals surface area contributed by atoms with Crippen LogP contribution in [0.25, 0.3) is 0 Å². The number of carbonyl (C=O) groups excluding carboxylic acids is 1. The number of ether oxygens (including phenoxy) is 1. The fraction of sp³-hybridized carbons (Fsp3) is 0.588. The van der Waals surface area contributed by atoms with E-state index in [1.807, 2.05) is 30.3 Å². The van der Waals surface area contributed by atoms with E-state index in [-0.39, 0.29) is 12.0 Å². The molecule has 1 fully saturated rings. The van der Waals surface area contributed by atoms with Crippen molar-refractivity contribution in [1.29, 1.82) is 0 Å². The van der Waals surface area contributed by atoms with E-state index in [9.17, 15) is 4.79 Å². The zero-order chi connectivity index (χ0) is 16.5. The number of β-lactam (4-membered cyclic amide) rings is 1. The van der Waals surface area contributed by atoms with Crippen LogP contribution in [0.5, 0.6) is 0 Å². The fourth-order valence-electron chi connectivity index (χ4n) is 3.78. The lowest BCUT2D eigenvalue weighted by Gasteiger charge is -2.52. The molecule has 1 heterocycles. The third kappa shape index (κ3) is 3.88. The van der Waals surface area contributed by atoms with Crippen molar-refractivity contribution in [2.24, 2.45) is 0 Å². The molecule has 0 aromatic heterocycles. The van der Waals surface area contributed by atoms with Crippen LogP contribution in [-0.4, -0.2) is 44.9 Å². The van der Waals surface area contributed by atoms with Gasteiger partial charge in [-0.2, -0.15) is 0 Å². The number of carbonyl (C=O) groups is 1. The Bertz CT molecular complexity index is 506. The molecule has 0 radical (unpaired) electrons. The van der Waals surface area contributed by atoms with E-state index in [0.717, 1.165) is 12.1 Å². The highest BCUT2D eigenvalue weighted by molar-refractivity contribution is 6.96. The van der Waals surface area contributed by atoms with Crippen LogP contribution in [0, 0.1) is 0 Å². The van der Waals surface area contributed by atoms with Crippen molar-refractivity contribution in [3.63, 3.8) is 0 Å². The molecule has 1 atom stereocenters. The molecule has 0 aliphatic carbocycles. The Morgan fingerprint density at radius 1 is 1.09 bits per heavy atom. The zero-order valence-corrected chi connectivity index (χ0v) is 16.7. The van der Waals surface area contributed by atoms with Crippen LogP contribution in [-0.2, 0) is 16.1 Å². The number of amides is 1. The van der Waals surface area contributed by atoms with Gasteiger partial charge in [-0.05, 0) is 5.56 Å². The van der Waals surface area contributed by atoms with E-state index in [0.29, 0.717) is 11.9 Å². The largest absolute Gasteiger partial charge is 0.362 e. The van der Waals surface area contributed by atoms with Crippen molar-refractivity contribution in [2.45, 2.75) is 57.3 Å². The first kappa shape index (κ1) is 17.4. The van der Waals surface area contributed by atoms with Gasteiger partial charge in [0.2, 0.25) is 0 Å². The predicted octanol–water partition coefficient (Wildman–Crippen LogP) is 3.54. The van der Waals surface area contributed by atoms with Crippen molar-refractivity contribution < 1.29 is 9.53 Å². The summed E-state index contributed by atoms with van der Waals surface area (Å²) >= 11 is 0. The maximum Gasteiger partial charge on any atom is 0.253 e. The van der Waals surface area contributed by atoms with Crippen molar-refractivity contribution in [3.8, 4) is 0 Å². The number of benzene rings is 1. The molecule has 122 valence electrons. The summed E-state index contributed by atoms with van der Waals surface area (Å²) < 4.78 is 5.82. The third-order valence-corrected chi connectivity index (χ3v) is 13.3. The van der Waals surface area contributed by atoms with Crippen LogP contribution in [0.15, 0.2) is 30.3 Å². The lowest BCUT2D eigenvalue weighted by atomic mass is 10.1.